The van der Waals surface area contributed by atoms with Crippen molar-refractivity contribution in [1.82, 2.24) is 10.0 Å². The van der Waals surface area contributed by atoms with E-state index in [4.69, 9.17) is 10.6 Å². The fourth-order valence-corrected chi connectivity index (χ4v) is 1.71. The quantitative estimate of drug-likeness (QED) is 0.768. The van der Waals surface area contributed by atoms with E-state index in [0.29, 0.717) is 6.54 Å². The minimum atomic E-state index is 0.145. The smallest absolute Gasteiger partial charge is 0.0739 e. The molecular formula is C10H15N3O. The summed E-state index contributed by atoms with van der Waals surface area (Å²) in [6.45, 7) is 2.32. The number of rotatable bonds is 3. The molecule has 14 heavy (non-hydrogen) atoms. The minimum Gasteiger partial charge on any atom is -0.329 e. The van der Waals surface area contributed by atoms with E-state index in [1.807, 2.05) is 23.4 Å². The average molecular weight is 193 g/mol. The van der Waals surface area contributed by atoms with Gasteiger partial charge in [0.15, 0.2) is 0 Å². The molecule has 2 heterocycles. The molecule has 0 amide bonds. The van der Waals surface area contributed by atoms with Gasteiger partial charge in [-0.1, -0.05) is 6.07 Å². The molecule has 2 rings (SSSR count). The Morgan fingerprint density at radius 3 is 3.14 bits per heavy atom. The third kappa shape index (κ3) is 1.92. The molecule has 2 N–H and O–H groups in total. The summed E-state index contributed by atoms with van der Waals surface area (Å²) in [5.41, 5.74) is 6.86. The Bertz CT molecular complexity index is 272. The van der Waals surface area contributed by atoms with E-state index in [2.05, 4.69) is 4.98 Å². The Kier molecular flexibility index (Phi) is 3.08. The standard InChI is InChI=1S/C10H15N3O/c11-7-10(13-5-2-6-14-13)9-3-1-4-12-8-9/h1,3-4,8,10H,2,5-7,11H2. The van der Waals surface area contributed by atoms with E-state index in [9.17, 15) is 0 Å². The highest BCUT2D eigenvalue weighted by atomic mass is 16.7. The SMILES string of the molecule is NCC(c1cccnc1)N1CCCO1. The Morgan fingerprint density at radius 1 is 1.64 bits per heavy atom. The third-order valence-corrected chi connectivity index (χ3v) is 2.42. The summed E-state index contributed by atoms with van der Waals surface area (Å²) in [6, 6.07) is 4.10. The second-order valence-corrected chi connectivity index (χ2v) is 3.37. The van der Waals surface area contributed by atoms with Crippen molar-refractivity contribution in [3.05, 3.63) is 30.1 Å². The molecule has 0 aliphatic carbocycles. The summed E-state index contributed by atoms with van der Waals surface area (Å²) in [5.74, 6) is 0. The van der Waals surface area contributed by atoms with E-state index in [-0.39, 0.29) is 6.04 Å². The maximum atomic E-state index is 5.74. The van der Waals surface area contributed by atoms with Gasteiger partial charge in [0.05, 0.1) is 12.6 Å². The topological polar surface area (TPSA) is 51.4 Å². The molecule has 0 radical (unpaired) electrons. The summed E-state index contributed by atoms with van der Waals surface area (Å²) >= 11 is 0. The van der Waals surface area contributed by atoms with Gasteiger partial charge in [-0.3, -0.25) is 9.82 Å². The molecule has 1 saturated heterocycles. The maximum absolute atomic E-state index is 5.74. The van der Waals surface area contributed by atoms with Gasteiger partial charge in [-0.05, 0) is 18.1 Å². The first kappa shape index (κ1) is 9.58. The second-order valence-electron chi connectivity index (χ2n) is 3.37. The summed E-state index contributed by atoms with van der Waals surface area (Å²) in [7, 11) is 0. The van der Waals surface area contributed by atoms with Crippen LogP contribution in [0.2, 0.25) is 0 Å². The first-order valence-electron chi connectivity index (χ1n) is 4.91. The van der Waals surface area contributed by atoms with Crippen molar-refractivity contribution in [2.75, 3.05) is 19.7 Å². The highest BCUT2D eigenvalue weighted by molar-refractivity contribution is 5.14. The lowest BCUT2D eigenvalue weighted by Gasteiger charge is -2.24. The van der Waals surface area contributed by atoms with Crippen LogP contribution in [0.1, 0.15) is 18.0 Å². The number of pyridine rings is 1. The number of hydrogen-bond donors (Lipinski definition) is 1. The fourth-order valence-electron chi connectivity index (χ4n) is 1.71. The monoisotopic (exact) mass is 193 g/mol. The molecule has 1 aliphatic heterocycles. The molecule has 4 nitrogen and oxygen atoms in total. The summed E-state index contributed by atoms with van der Waals surface area (Å²) in [4.78, 5) is 9.57. The number of nitrogens with two attached hydrogens (primary N) is 1. The van der Waals surface area contributed by atoms with Crippen LogP contribution in [-0.4, -0.2) is 29.7 Å². The third-order valence-electron chi connectivity index (χ3n) is 2.42. The van der Waals surface area contributed by atoms with Crippen LogP contribution < -0.4 is 5.73 Å². The van der Waals surface area contributed by atoms with Crippen LogP contribution in [0.5, 0.6) is 0 Å². The lowest BCUT2D eigenvalue weighted by molar-refractivity contribution is -0.140. The maximum Gasteiger partial charge on any atom is 0.0739 e. The van der Waals surface area contributed by atoms with Crippen LogP contribution in [0, 0.1) is 0 Å². The summed E-state index contributed by atoms with van der Waals surface area (Å²) < 4.78 is 0. The highest BCUT2D eigenvalue weighted by Gasteiger charge is 2.23. The highest BCUT2D eigenvalue weighted by Crippen LogP contribution is 2.22. The summed E-state index contributed by atoms with van der Waals surface area (Å²) in [5, 5.41) is 1.96. The molecular weight excluding hydrogens is 178 g/mol. The molecule has 0 saturated carbocycles. The number of hydrogen-bond acceptors (Lipinski definition) is 4. The molecule has 1 unspecified atom stereocenters. The van der Waals surface area contributed by atoms with Gasteiger partial charge in [-0.2, -0.15) is 5.06 Å². The number of aromatic nitrogens is 1. The van der Waals surface area contributed by atoms with E-state index >= 15 is 0 Å². The Labute approximate surface area is 83.6 Å². The van der Waals surface area contributed by atoms with Gasteiger partial charge in [0.25, 0.3) is 0 Å². The van der Waals surface area contributed by atoms with Crippen molar-refractivity contribution in [3.8, 4) is 0 Å². The number of hydroxylamine groups is 2. The van der Waals surface area contributed by atoms with E-state index in [1.165, 1.54) is 0 Å². The zero-order chi connectivity index (χ0) is 9.80. The predicted octanol–water partition coefficient (Wildman–Crippen LogP) is 0.719. The van der Waals surface area contributed by atoms with E-state index in [0.717, 1.165) is 25.1 Å². The van der Waals surface area contributed by atoms with Gasteiger partial charge in [0, 0.05) is 25.5 Å². The lowest BCUT2D eigenvalue weighted by Crippen LogP contribution is -2.30. The summed E-state index contributed by atoms with van der Waals surface area (Å²) in [6.07, 6.45) is 4.69. The van der Waals surface area contributed by atoms with Gasteiger partial charge >= 0.3 is 0 Å². The molecule has 1 aromatic rings. The molecule has 1 aromatic heterocycles. The fraction of sp³-hybridized carbons (Fsp3) is 0.500. The molecule has 76 valence electrons. The van der Waals surface area contributed by atoms with Gasteiger partial charge in [-0.25, -0.2) is 0 Å². The van der Waals surface area contributed by atoms with Crippen LogP contribution in [0.3, 0.4) is 0 Å². The molecule has 0 aromatic carbocycles. The van der Waals surface area contributed by atoms with Crippen LogP contribution in [-0.2, 0) is 4.84 Å². The van der Waals surface area contributed by atoms with Crippen LogP contribution in [0.25, 0.3) is 0 Å². The van der Waals surface area contributed by atoms with Crippen molar-refractivity contribution < 1.29 is 4.84 Å². The lowest BCUT2D eigenvalue weighted by atomic mass is 10.1. The van der Waals surface area contributed by atoms with Gasteiger partial charge in [0.1, 0.15) is 0 Å². The molecule has 4 heteroatoms. The van der Waals surface area contributed by atoms with Crippen LogP contribution >= 0.6 is 0 Å². The van der Waals surface area contributed by atoms with Gasteiger partial charge in [0.2, 0.25) is 0 Å². The predicted molar refractivity (Wildman–Crippen MR) is 53.3 cm³/mol. The average Bonchev–Trinajstić information content (AvgIpc) is 2.74. The van der Waals surface area contributed by atoms with Crippen molar-refractivity contribution in [2.45, 2.75) is 12.5 Å². The van der Waals surface area contributed by atoms with Crippen LogP contribution in [0.4, 0.5) is 0 Å². The largest absolute Gasteiger partial charge is 0.329 e. The van der Waals surface area contributed by atoms with E-state index in [1.54, 1.807) is 6.20 Å². The van der Waals surface area contributed by atoms with E-state index < -0.39 is 0 Å². The van der Waals surface area contributed by atoms with Gasteiger partial charge in [-0.15, -0.1) is 0 Å². The zero-order valence-electron chi connectivity index (χ0n) is 8.10. The van der Waals surface area contributed by atoms with Gasteiger partial charge < -0.3 is 5.73 Å². The molecule has 1 atom stereocenters. The first-order valence-corrected chi connectivity index (χ1v) is 4.91. The van der Waals surface area contributed by atoms with Crippen molar-refractivity contribution in [3.63, 3.8) is 0 Å². The van der Waals surface area contributed by atoms with Crippen molar-refractivity contribution in [2.24, 2.45) is 5.73 Å². The van der Waals surface area contributed by atoms with Crippen molar-refractivity contribution in [1.29, 1.82) is 0 Å². The molecule has 1 fully saturated rings. The number of nitrogens with zero attached hydrogens (tertiary/aromatic N) is 2. The molecule has 1 aliphatic rings. The van der Waals surface area contributed by atoms with Crippen molar-refractivity contribution >= 4 is 0 Å². The molecule has 0 bridgehead atoms. The minimum absolute atomic E-state index is 0.145. The zero-order valence-corrected chi connectivity index (χ0v) is 8.10. The Hall–Kier alpha value is -0.970. The molecule has 0 spiro atoms. The normalized spacial score (nSPS) is 19.8. The second kappa shape index (κ2) is 4.50. The first-order chi connectivity index (χ1) is 6.92. The Balaban J connectivity index is 2.12. The Morgan fingerprint density at radius 2 is 2.57 bits per heavy atom. The van der Waals surface area contributed by atoms with Crippen LogP contribution in [0.15, 0.2) is 24.5 Å².